The fourth-order valence-corrected chi connectivity index (χ4v) is 2.78. The zero-order valence-corrected chi connectivity index (χ0v) is 14.6. The van der Waals surface area contributed by atoms with E-state index in [9.17, 15) is 4.79 Å². The van der Waals surface area contributed by atoms with Crippen molar-refractivity contribution in [1.82, 2.24) is 9.99 Å². The second kappa shape index (κ2) is 7.21. The van der Waals surface area contributed by atoms with E-state index in [2.05, 4.69) is 10.5 Å². The number of fused-ring (bicyclic) bond motifs is 1. The number of benzene rings is 2. The molecule has 1 N–H and O–H groups in total. The van der Waals surface area contributed by atoms with E-state index in [1.165, 1.54) is 0 Å². The highest BCUT2D eigenvalue weighted by molar-refractivity contribution is 5.97. The zero-order chi connectivity index (χ0) is 18.6. The number of methoxy groups -OCH3 is 1. The van der Waals surface area contributed by atoms with Gasteiger partial charge in [0.1, 0.15) is 0 Å². The molecule has 0 aliphatic carbocycles. The number of carbonyl (C=O) groups is 1. The summed E-state index contributed by atoms with van der Waals surface area (Å²) >= 11 is 0. The Labute approximate surface area is 155 Å². The van der Waals surface area contributed by atoms with E-state index in [4.69, 9.17) is 9.15 Å². The van der Waals surface area contributed by atoms with E-state index >= 15 is 0 Å². The first-order chi connectivity index (χ1) is 13.2. The van der Waals surface area contributed by atoms with Crippen molar-refractivity contribution in [2.24, 2.45) is 5.10 Å². The Kier molecular flexibility index (Phi) is 4.45. The van der Waals surface area contributed by atoms with Gasteiger partial charge in [0.15, 0.2) is 17.1 Å². The van der Waals surface area contributed by atoms with Crippen LogP contribution in [0.1, 0.15) is 16.1 Å². The van der Waals surface area contributed by atoms with Crippen molar-refractivity contribution in [3.05, 3.63) is 84.4 Å². The molecule has 0 atom stereocenters. The van der Waals surface area contributed by atoms with Crippen LogP contribution in [-0.4, -0.2) is 23.8 Å². The molecule has 0 saturated heterocycles. The maximum Gasteiger partial charge on any atom is 0.307 e. The van der Waals surface area contributed by atoms with Crippen LogP contribution in [0.5, 0.6) is 5.75 Å². The van der Waals surface area contributed by atoms with Gasteiger partial charge in [0.2, 0.25) is 0 Å². The van der Waals surface area contributed by atoms with E-state index in [0.717, 1.165) is 16.6 Å². The van der Waals surface area contributed by atoms with Gasteiger partial charge in [-0.15, -0.1) is 0 Å². The average molecular weight is 359 g/mol. The number of furan rings is 1. The van der Waals surface area contributed by atoms with Crippen LogP contribution in [0.4, 0.5) is 0 Å². The minimum atomic E-state index is -0.424. The number of ether oxygens (including phenoxy) is 1. The summed E-state index contributed by atoms with van der Waals surface area (Å²) < 4.78 is 12.8. The standard InChI is InChI=1S/C21H17N3O3/c1-26-18-9-5-6-16-12-19(27-20(16)18)21(25)23-22-13-15-10-11-24(14-15)17-7-3-2-4-8-17/h2-14H,1H3,(H,23,25)/b22-13-. The number of nitrogens with zero attached hydrogens (tertiary/aromatic N) is 2. The minimum absolute atomic E-state index is 0.175. The first-order valence-corrected chi connectivity index (χ1v) is 8.38. The Morgan fingerprint density at radius 1 is 1.15 bits per heavy atom. The summed E-state index contributed by atoms with van der Waals surface area (Å²) in [5.41, 5.74) is 4.94. The molecule has 4 aromatic rings. The number of aromatic nitrogens is 1. The van der Waals surface area contributed by atoms with Gasteiger partial charge in [0, 0.05) is 29.0 Å². The molecule has 0 spiro atoms. The molecule has 0 bridgehead atoms. The Balaban J connectivity index is 1.46. The van der Waals surface area contributed by atoms with Crippen molar-refractivity contribution in [3.8, 4) is 11.4 Å². The summed E-state index contributed by atoms with van der Waals surface area (Å²) in [6, 6.07) is 19.0. The second-order valence-electron chi connectivity index (χ2n) is 5.88. The average Bonchev–Trinajstić information content (AvgIpc) is 3.35. The first kappa shape index (κ1) is 16.7. The fraction of sp³-hybridized carbons (Fsp3) is 0.0476. The highest BCUT2D eigenvalue weighted by atomic mass is 16.5. The lowest BCUT2D eigenvalue weighted by molar-refractivity contribution is 0.0929. The van der Waals surface area contributed by atoms with Gasteiger partial charge in [-0.2, -0.15) is 5.10 Å². The van der Waals surface area contributed by atoms with Crippen molar-refractivity contribution in [2.75, 3.05) is 7.11 Å². The highest BCUT2D eigenvalue weighted by Gasteiger charge is 2.14. The number of hydrogen-bond donors (Lipinski definition) is 1. The largest absolute Gasteiger partial charge is 0.493 e. The van der Waals surface area contributed by atoms with Crippen LogP contribution < -0.4 is 10.2 Å². The predicted molar refractivity (Wildman–Crippen MR) is 104 cm³/mol. The lowest BCUT2D eigenvalue weighted by Crippen LogP contribution is -2.16. The van der Waals surface area contributed by atoms with Gasteiger partial charge < -0.3 is 13.7 Å². The topological polar surface area (TPSA) is 68.8 Å². The van der Waals surface area contributed by atoms with E-state index in [1.54, 1.807) is 25.5 Å². The molecule has 27 heavy (non-hydrogen) atoms. The lowest BCUT2D eigenvalue weighted by atomic mass is 10.2. The van der Waals surface area contributed by atoms with Gasteiger partial charge in [-0.3, -0.25) is 4.79 Å². The zero-order valence-electron chi connectivity index (χ0n) is 14.6. The summed E-state index contributed by atoms with van der Waals surface area (Å²) in [6.45, 7) is 0. The van der Waals surface area contributed by atoms with E-state index in [-0.39, 0.29) is 5.76 Å². The van der Waals surface area contributed by atoms with E-state index < -0.39 is 5.91 Å². The monoisotopic (exact) mass is 359 g/mol. The summed E-state index contributed by atoms with van der Waals surface area (Å²) in [7, 11) is 1.56. The third kappa shape index (κ3) is 3.46. The van der Waals surface area contributed by atoms with Gasteiger partial charge in [-0.1, -0.05) is 30.3 Å². The third-order valence-electron chi connectivity index (χ3n) is 4.10. The van der Waals surface area contributed by atoms with E-state index in [0.29, 0.717) is 11.3 Å². The summed E-state index contributed by atoms with van der Waals surface area (Å²) in [5, 5.41) is 4.80. The number of nitrogens with one attached hydrogen (secondary N) is 1. The highest BCUT2D eigenvalue weighted by Crippen LogP contribution is 2.28. The van der Waals surface area contributed by atoms with Gasteiger partial charge >= 0.3 is 5.91 Å². The second-order valence-corrected chi connectivity index (χ2v) is 5.88. The minimum Gasteiger partial charge on any atom is -0.493 e. The molecule has 0 saturated carbocycles. The third-order valence-corrected chi connectivity index (χ3v) is 4.10. The Morgan fingerprint density at radius 3 is 2.81 bits per heavy atom. The van der Waals surface area contributed by atoms with Crippen molar-refractivity contribution in [1.29, 1.82) is 0 Å². The normalized spacial score (nSPS) is 11.1. The number of amides is 1. The van der Waals surface area contributed by atoms with Gasteiger partial charge in [0.05, 0.1) is 13.3 Å². The predicted octanol–water partition coefficient (Wildman–Crippen LogP) is 4.00. The van der Waals surface area contributed by atoms with Crippen molar-refractivity contribution < 1.29 is 13.9 Å². The van der Waals surface area contributed by atoms with Crippen LogP contribution >= 0.6 is 0 Å². The summed E-state index contributed by atoms with van der Waals surface area (Å²) in [5.74, 6) is 0.331. The van der Waals surface area contributed by atoms with Gasteiger partial charge in [-0.05, 0) is 30.3 Å². The molecule has 134 valence electrons. The molecule has 0 unspecified atom stereocenters. The van der Waals surface area contributed by atoms with Crippen molar-refractivity contribution >= 4 is 23.1 Å². The SMILES string of the molecule is COc1cccc2cc(C(=O)N/N=C\c3ccn(-c4ccccc4)c3)oc12. The van der Waals surface area contributed by atoms with Crippen LogP contribution in [0.2, 0.25) is 0 Å². The molecule has 0 radical (unpaired) electrons. The van der Waals surface area contributed by atoms with Crippen molar-refractivity contribution in [2.45, 2.75) is 0 Å². The Bertz CT molecular complexity index is 1110. The van der Waals surface area contributed by atoms with Crippen LogP contribution in [-0.2, 0) is 0 Å². The van der Waals surface area contributed by atoms with Crippen LogP contribution in [0.15, 0.2) is 82.6 Å². The molecule has 0 aliphatic heterocycles. The van der Waals surface area contributed by atoms with Crippen LogP contribution in [0.25, 0.3) is 16.7 Å². The maximum atomic E-state index is 12.3. The molecule has 1 amide bonds. The first-order valence-electron chi connectivity index (χ1n) is 8.38. The van der Waals surface area contributed by atoms with Crippen LogP contribution in [0.3, 0.4) is 0 Å². The van der Waals surface area contributed by atoms with Gasteiger partial charge in [0.25, 0.3) is 0 Å². The van der Waals surface area contributed by atoms with Crippen LogP contribution in [0, 0.1) is 0 Å². The maximum absolute atomic E-state index is 12.3. The molecule has 2 aromatic heterocycles. The molecule has 6 heteroatoms. The Morgan fingerprint density at radius 2 is 2.00 bits per heavy atom. The van der Waals surface area contributed by atoms with Crippen molar-refractivity contribution in [3.63, 3.8) is 0 Å². The Hall–Kier alpha value is -3.80. The smallest absolute Gasteiger partial charge is 0.307 e. The fourth-order valence-electron chi connectivity index (χ4n) is 2.78. The molecular weight excluding hydrogens is 342 g/mol. The molecule has 4 rings (SSSR count). The quantitative estimate of drug-likeness (QED) is 0.433. The molecular formula is C21H17N3O3. The summed E-state index contributed by atoms with van der Waals surface area (Å²) in [6.07, 6.45) is 5.45. The summed E-state index contributed by atoms with van der Waals surface area (Å²) in [4.78, 5) is 12.3. The number of carbonyl (C=O) groups excluding carboxylic acids is 1. The molecule has 2 heterocycles. The van der Waals surface area contributed by atoms with Gasteiger partial charge in [-0.25, -0.2) is 5.43 Å². The number of para-hydroxylation sites is 2. The number of hydrogen-bond acceptors (Lipinski definition) is 4. The lowest BCUT2D eigenvalue weighted by Gasteiger charge is -2.00. The number of rotatable bonds is 5. The molecule has 0 fully saturated rings. The van der Waals surface area contributed by atoms with E-state index in [1.807, 2.05) is 65.5 Å². The molecule has 2 aromatic carbocycles. The molecule has 6 nitrogen and oxygen atoms in total. The molecule has 0 aliphatic rings. The number of hydrazone groups is 1.